The van der Waals surface area contributed by atoms with E-state index in [-0.39, 0.29) is 12.4 Å². The maximum Gasteiger partial charge on any atom is 0.309 e. The average Bonchev–Trinajstić information content (AvgIpc) is 2.54. The van der Waals surface area contributed by atoms with Crippen LogP contribution in [-0.4, -0.2) is 19.4 Å². The van der Waals surface area contributed by atoms with Gasteiger partial charge in [0.15, 0.2) is 0 Å². The zero-order valence-electron chi connectivity index (χ0n) is 11.7. The van der Waals surface area contributed by atoms with Crippen molar-refractivity contribution in [2.75, 3.05) is 7.11 Å². The number of aldehydes is 1. The third-order valence-electron chi connectivity index (χ3n) is 3.09. The first-order chi connectivity index (χ1) is 10.2. The van der Waals surface area contributed by atoms with Crippen LogP contribution in [0.3, 0.4) is 0 Å². The quantitative estimate of drug-likeness (QED) is 0.465. The van der Waals surface area contributed by atoms with Gasteiger partial charge in [-0.2, -0.15) is 0 Å². The molecular weight excluding hydrogens is 284 g/mol. The number of benzene rings is 2. The normalized spacial score (nSPS) is 10.1. The summed E-state index contributed by atoms with van der Waals surface area (Å²) in [5.74, 6) is 0.538. The number of hydrogen-bond acceptors (Lipinski definition) is 4. The van der Waals surface area contributed by atoms with E-state index in [0.29, 0.717) is 5.56 Å². The molecule has 0 unspecified atom stereocenters. The minimum absolute atomic E-state index is 0.234. The molecule has 2 aromatic rings. The predicted octanol–water partition coefficient (Wildman–Crippen LogP) is 3.51. The van der Waals surface area contributed by atoms with E-state index < -0.39 is 0 Å². The lowest BCUT2D eigenvalue weighted by molar-refractivity contribution is -0.139. The predicted molar refractivity (Wildman–Crippen MR) is 83.6 cm³/mol. The second-order valence-electron chi connectivity index (χ2n) is 4.50. The van der Waals surface area contributed by atoms with Crippen molar-refractivity contribution in [3.63, 3.8) is 0 Å². The van der Waals surface area contributed by atoms with Gasteiger partial charge >= 0.3 is 5.97 Å². The van der Waals surface area contributed by atoms with Crippen LogP contribution in [0.4, 0.5) is 0 Å². The van der Waals surface area contributed by atoms with Gasteiger partial charge in [0.2, 0.25) is 0 Å². The molecule has 0 spiro atoms. The smallest absolute Gasteiger partial charge is 0.309 e. The number of hydrogen-bond donors (Lipinski definition) is 0. The van der Waals surface area contributed by atoms with Crippen LogP contribution in [0.2, 0.25) is 0 Å². The Balaban J connectivity index is 2.05. The van der Waals surface area contributed by atoms with Gasteiger partial charge in [-0.15, -0.1) is 11.8 Å². The van der Waals surface area contributed by atoms with Crippen molar-refractivity contribution in [2.45, 2.75) is 17.1 Å². The van der Waals surface area contributed by atoms with E-state index in [1.54, 1.807) is 23.9 Å². The van der Waals surface area contributed by atoms with E-state index >= 15 is 0 Å². The Morgan fingerprint density at radius 2 is 1.76 bits per heavy atom. The monoisotopic (exact) mass is 300 g/mol. The number of methoxy groups -OCH3 is 1. The summed E-state index contributed by atoms with van der Waals surface area (Å²) >= 11 is 1.67. The van der Waals surface area contributed by atoms with Crippen molar-refractivity contribution in [1.82, 2.24) is 0 Å². The Kier molecular flexibility index (Phi) is 5.58. The van der Waals surface area contributed by atoms with Crippen LogP contribution in [0.1, 0.15) is 21.5 Å². The second-order valence-corrected chi connectivity index (χ2v) is 5.55. The highest BCUT2D eigenvalue weighted by Gasteiger charge is 2.08. The summed E-state index contributed by atoms with van der Waals surface area (Å²) < 4.78 is 4.72. The van der Waals surface area contributed by atoms with Crippen molar-refractivity contribution in [3.05, 3.63) is 65.2 Å². The van der Waals surface area contributed by atoms with Gasteiger partial charge in [-0.25, -0.2) is 0 Å². The van der Waals surface area contributed by atoms with Crippen molar-refractivity contribution in [2.24, 2.45) is 0 Å². The van der Waals surface area contributed by atoms with E-state index in [4.69, 9.17) is 4.74 Å². The highest BCUT2D eigenvalue weighted by atomic mass is 32.2. The highest BCUT2D eigenvalue weighted by molar-refractivity contribution is 7.98. The lowest BCUT2D eigenvalue weighted by atomic mass is 10.1. The van der Waals surface area contributed by atoms with E-state index in [0.717, 1.165) is 28.1 Å². The molecule has 2 rings (SSSR count). The van der Waals surface area contributed by atoms with Gasteiger partial charge in [0.05, 0.1) is 13.5 Å². The first kappa shape index (κ1) is 15.3. The molecule has 3 nitrogen and oxygen atoms in total. The van der Waals surface area contributed by atoms with Gasteiger partial charge in [-0.05, 0) is 23.3 Å². The number of ether oxygens (including phenoxy) is 1. The lowest BCUT2D eigenvalue weighted by Gasteiger charge is -2.08. The van der Waals surface area contributed by atoms with Crippen LogP contribution >= 0.6 is 11.8 Å². The fraction of sp³-hybridized carbons (Fsp3) is 0.176. The van der Waals surface area contributed by atoms with Gasteiger partial charge in [-0.3, -0.25) is 9.59 Å². The molecule has 0 atom stereocenters. The van der Waals surface area contributed by atoms with Crippen LogP contribution in [0.5, 0.6) is 0 Å². The molecule has 0 aliphatic carbocycles. The molecule has 0 aliphatic heterocycles. The molecule has 0 aromatic heterocycles. The van der Waals surface area contributed by atoms with Crippen molar-refractivity contribution < 1.29 is 14.3 Å². The molecular formula is C17H16O3S. The standard InChI is InChI=1S/C17H16O3S/c1-20-17(19)10-14-4-2-3-5-15(14)12-21-16-8-6-13(11-18)7-9-16/h2-9,11H,10,12H2,1H3. The second kappa shape index (κ2) is 7.64. The summed E-state index contributed by atoms with van der Waals surface area (Å²) in [5.41, 5.74) is 2.78. The molecule has 0 aliphatic rings. The summed E-state index contributed by atoms with van der Waals surface area (Å²) in [6.45, 7) is 0. The maximum absolute atomic E-state index is 11.4. The maximum atomic E-state index is 11.4. The fourth-order valence-electron chi connectivity index (χ4n) is 1.90. The minimum Gasteiger partial charge on any atom is -0.469 e. The number of carbonyl (C=O) groups excluding carboxylic acids is 2. The Labute approximate surface area is 128 Å². The number of rotatable bonds is 6. The minimum atomic E-state index is -0.234. The molecule has 0 saturated carbocycles. The van der Waals surface area contributed by atoms with Crippen molar-refractivity contribution in [1.29, 1.82) is 0 Å². The van der Waals surface area contributed by atoms with E-state index in [2.05, 4.69) is 0 Å². The Hall–Kier alpha value is -2.07. The number of esters is 1. The summed E-state index contributed by atoms with van der Waals surface area (Å²) in [7, 11) is 1.40. The molecule has 0 heterocycles. The number of carbonyl (C=O) groups is 2. The summed E-state index contributed by atoms with van der Waals surface area (Å²) in [4.78, 5) is 23.1. The molecule has 21 heavy (non-hydrogen) atoms. The summed E-state index contributed by atoms with van der Waals surface area (Å²) in [6, 6.07) is 15.3. The van der Waals surface area contributed by atoms with E-state index in [9.17, 15) is 9.59 Å². The van der Waals surface area contributed by atoms with Crippen LogP contribution in [0.25, 0.3) is 0 Å². The Morgan fingerprint density at radius 3 is 2.38 bits per heavy atom. The Morgan fingerprint density at radius 1 is 1.10 bits per heavy atom. The first-order valence-corrected chi connectivity index (χ1v) is 7.53. The third-order valence-corrected chi connectivity index (χ3v) is 4.15. The van der Waals surface area contributed by atoms with Crippen molar-refractivity contribution >= 4 is 24.0 Å². The van der Waals surface area contributed by atoms with Crippen molar-refractivity contribution in [3.8, 4) is 0 Å². The number of thioether (sulfide) groups is 1. The first-order valence-electron chi connectivity index (χ1n) is 6.54. The van der Waals surface area contributed by atoms with Gasteiger partial charge < -0.3 is 4.74 Å². The topological polar surface area (TPSA) is 43.4 Å². The zero-order chi connectivity index (χ0) is 15.1. The lowest BCUT2D eigenvalue weighted by Crippen LogP contribution is -2.06. The largest absolute Gasteiger partial charge is 0.469 e. The summed E-state index contributed by atoms with van der Waals surface area (Å²) in [6.07, 6.45) is 1.12. The molecule has 0 saturated heterocycles. The van der Waals surface area contributed by atoms with Crippen LogP contribution < -0.4 is 0 Å². The zero-order valence-corrected chi connectivity index (χ0v) is 12.6. The van der Waals surface area contributed by atoms with Gasteiger partial charge in [0, 0.05) is 16.2 Å². The highest BCUT2D eigenvalue weighted by Crippen LogP contribution is 2.25. The molecule has 0 fully saturated rings. The van der Waals surface area contributed by atoms with Crippen LogP contribution in [0.15, 0.2) is 53.4 Å². The van der Waals surface area contributed by atoms with Gasteiger partial charge in [-0.1, -0.05) is 36.4 Å². The average molecular weight is 300 g/mol. The molecule has 4 heteroatoms. The molecule has 0 radical (unpaired) electrons. The third kappa shape index (κ3) is 4.46. The summed E-state index contributed by atoms with van der Waals surface area (Å²) in [5, 5.41) is 0. The molecule has 0 bridgehead atoms. The fourth-order valence-corrected chi connectivity index (χ4v) is 2.83. The molecule has 108 valence electrons. The van der Waals surface area contributed by atoms with Crippen LogP contribution in [0, 0.1) is 0 Å². The molecule has 0 N–H and O–H groups in total. The molecule has 2 aromatic carbocycles. The van der Waals surface area contributed by atoms with Gasteiger partial charge in [0.25, 0.3) is 0 Å². The van der Waals surface area contributed by atoms with Crippen LogP contribution in [-0.2, 0) is 21.7 Å². The molecule has 0 amide bonds. The SMILES string of the molecule is COC(=O)Cc1ccccc1CSc1ccc(C=O)cc1. The van der Waals surface area contributed by atoms with E-state index in [1.807, 2.05) is 36.4 Å². The Bertz CT molecular complexity index is 620. The van der Waals surface area contributed by atoms with Gasteiger partial charge in [0.1, 0.15) is 6.29 Å². The van der Waals surface area contributed by atoms with E-state index in [1.165, 1.54) is 7.11 Å².